The number of hydrogen-bond acceptors (Lipinski definition) is 2. The highest BCUT2D eigenvalue weighted by Gasteiger charge is 2.12. The van der Waals surface area contributed by atoms with E-state index in [4.69, 9.17) is 5.84 Å². The smallest absolute Gasteiger partial charge is 0.0500 e. The average Bonchev–Trinajstić information content (AvgIpc) is 2.39. The highest BCUT2D eigenvalue weighted by Crippen LogP contribution is 2.21. The summed E-state index contributed by atoms with van der Waals surface area (Å²) in [6, 6.07) is 15.2. The molecule has 0 amide bonds. The van der Waals surface area contributed by atoms with Crippen molar-refractivity contribution in [2.24, 2.45) is 5.84 Å². The first-order valence-corrected chi connectivity index (χ1v) is 6.69. The maximum Gasteiger partial charge on any atom is 0.0500 e. The van der Waals surface area contributed by atoms with Crippen molar-refractivity contribution in [3.05, 3.63) is 70.3 Å². The number of hydrogen-bond donors (Lipinski definition) is 2. The zero-order valence-corrected chi connectivity index (χ0v) is 11.9. The van der Waals surface area contributed by atoms with Gasteiger partial charge in [0.15, 0.2) is 0 Å². The number of hydrazine groups is 1. The lowest BCUT2D eigenvalue weighted by molar-refractivity contribution is 0.550. The molecule has 19 heavy (non-hydrogen) atoms. The van der Waals surface area contributed by atoms with E-state index in [1.807, 2.05) is 0 Å². The second kappa shape index (κ2) is 6.00. The summed E-state index contributed by atoms with van der Waals surface area (Å²) >= 11 is 0. The van der Waals surface area contributed by atoms with Crippen LogP contribution in [-0.2, 0) is 6.42 Å². The monoisotopic (exact) mass is 254 g/mol. The SMILES string of the molecule is Cc1cccc(C(Cc2cc(C)ccc2C)NN)c1. The standard InChI is InChI=1S/C17H22N2/c1-12-5-4-6-15(9-12)17(19-18)11-16-10-13(2)7-8-14(16)3/h4-10,17,19H,11,18H2,1-3H3. The normalized spacial score (nSPS) is 12.4. The van der Waals surface area contributed by atoms with Crippen LogP contribution in [0.3, 0.4) is 0 Å². The summed E-state index contributed by atoms with van der Waals surface area (Å²) in [6.07, 6.45) is 0.910. The molecule has 0 saturated heterocycles. The molecule has 0 spiro atoms. The molecule has 100 valence electrons. The van der Waals surface area contributed by atoms with Crippen LogP contribution in [0.25, 0.3) is 0 Å². The first-order chi connectivity index (χ1) is 9.10. The molecule has 0 bridgehead atoms. The van der Waals surface area contributed by atoms with Crippen LogP contribution in [0.5, 0.6) is 0 Å². The second-order valence-corrected chi connectivity index (χ2v) is 5.27. The maximum absolute atomic E-state index is 5.74. The molecule has 1 atom stereocenters. The molecule has 0 aromatic heterocycles. The summed E-state index contributed by atoms with van der Waals surface area (Å²) in [7, 11) is 0. The third-order valence-electron chi connectivity index (χ3n) is 3.57. The minimum absolute atomic E-state index is 0.153. The Kier molecular flexibility index (Phi) is 4.35. The van der Waals surface area contributed by atoms with Crippen molar-refractivity contribution in [1.82, 2.24) is 5.43 Å². The zero-order valence-electron chi connectivity index (χ0n) is 11.9. The van der Waals surface area contributed by atoms with Gasteiger partial charge in [-0.25, -0.2) is 0 Å². The molecule has 0 aliphatic heterocycles. The quantitative estimate of drug-likeness (QED) is 0.648. The van der Waals surface area contributed by atoms with Gasteiger partial charge in [0.25, 0.3) is 0 Å². The van der Waals surface area contributed by atoms with E-state index in [0.717, 1.165) is 6.42 Å². The molecule has 2 rings (SSSR count). The lowest BCUT2D eigenvalue weighted by atomic mass is 9.94. The van der Waals surface area contributed by atoms with Gasteiger partial charge in [0, 0.05) is 6.04 Å². The highest BCUT2D eigenvalue weighted by molar-refractivity contribution is 5.33. The van der Waals surface area contributed by atoms with Crippen molar-refractivity contribution in [3.63, 3.8) is 0 Å². The summed E-state index contributed by atoms with van der Waals surface area (Å²) in [5.41, 5.74) is 9.40. The van der Waals surface area contributed by atoms with Gasteiger partial charge in [-0.15, -0.1) is 0 Å². The van der Waals surface area contributed by atoms with E-state index in [9.17, 15) is 0 Å². The fourth-order valence-corrected chi connectivity index (χ4v) is 2.40. The van der Waals surface area contributed by atoms with Crippen LogP contribution in [0.2, 0.25) is 0 Å². The molecule has 2 aromatic carbocycles. The molecule has 3 N–H and O–H groups in total. The Morgan fingerprint density at radius 2 is 1.74 bits per heavy atom. The molecule has 0 radical (unpaired) electrons. The highest BCUT2D eigenvalue weighted by atomic mass is 15.2. The van der Waals surface area contributed by atoms with Crippen molar-refractivity contribution in [2.75, 3.05) is 0 Å². The van der Waals surface area contributed by atoms with E-state index in [2.05, 4.69) is 68.7 Å². The molecule has 2 nitrogen and oxygen atoms in total. The second-order valence-electron chi connectivity index (χ2n) is 5.27. The molecular formula is C17H22N2. The Hall–Kier alpha value is -1.64. The summed E-state index contributed by atoms with van der Waals surface area (Å²) in [4.78, 5) is 0. The van der Waals surface area contributed by atoms with Crippen LogP contribution < -0.4 is 11.3 Å². The van der Waals surface area contributed by atoms with E-state index in [0.29, 0.717) is 0 Å². The first kappa shape index (κ1) is 13.8. The molecule has 0 heterocycles. The van der Waals surface area contributed by atoms with Gasteiger partial charge < -0.3 is 0 Å². The van der Waals surface area contributed by atoms with Crippen molar-refractivity contribution in [2.45, 2.75) is 33.2 Å². The predicted molar refractivity (Wildman–Crippen MR) is 80.9 cm³/mol. The molecule has 0 aliphatic carbocycles. The van der Waals surface area contributed by atoms with Gasteiger partial charge >= 0.3 is 0 Å². The Bertz CT molecular complexity index is 561. The number of nitrogens with two attached hydrogens (primary N) is 1. The van der Waals surface area contributed by atoms with Gasteiger partial charge in [0.2, 0.25) is 0 Å². The van der Waals surface area contributed by atoms with Gasteiger partial charge in [-0.2, -0.15) is 0 Å². The summed E-state index contributed by atoms with van der Waals surface area (Å²) in [6.45, 7) is 6.38. The van der Waals surface area contributed by atoms with Crippen molar-refractivity contribution >= 4 is 0 Å². The third kappa shape index (κ3) is 3.43. The van der Waals surface area contributed by atoms with E-state index in [1.54, 1.807) is 0 Å². The average molecular weight is 254 g/mol. The van der Waals surface area contributed by atoms with Crippen LogP contribution in [-0.4, -0.2) is 0 Å². The molecule has 1 unspecified atom stereocenters. The summed E-state index contributed by atoms with van der Waals surface area (Å²) in [5.74, 6) is 5.74. The number of rotatable bonds is 4. The molecule has 0 saturated carbocycles. The largest absolute Gasteiger partial charge is 0.271 e. The predicted octanol–water partition coefficient (Wildman–Crippen LogP) is 3.36. The van der Waals surface area contributed by atoms with Gasteiger partial charge in [-0.05, 0) is 43.9 Å². The Morgan fingerprint density at radius 1 is 1.00 bits per heavy atom. The van der Waals surface area contributed by atoms with Crippen molar-refractivity contribution < 1.29 is 0 Å². The zero-order chi connectivity index (χ0) is 13.8. The van der Waals surface area contributed by atoms with Crippen molar-refractivity contribution in [3.8, 4) is 0 Å². The number of nitrogens with one attached hydrogen (secondary N) is 1. The van der Waals surface area contributed by atoms with Crippen molar-refractivity contribution in [1.29, 1.82) is 0 Å². The maximum atomic E-state index is 5.74. The topological polar surface area (TPSA) is 38.0 Å². The molecule has 2 heteroatoms. The van der Waals surface area contributed by atoms with Gasteiger partial charge in [-0.1, -0.05) is 53.6 Å². The number of benzene rings is 2. The van der Waals surface area contributed by atoms with Gasteiger partial charge in [-0.3, -0.25) is 11.3 Å². The van der Waals surface area contributed by atoms with Crippen LogP contribution in [0.15, 0.2) is 42.5 Å². The summed E-state index contributed by atoms with van der Waals surface area (Å²) in [5, 5.41) is 0. The van der Waals surface area contributed by atoms with E-state index in [1.165, 1.54) is 27.8 Å². The number of aryl methyl sites for hydroxylation is 3. The lowest BCUT2D eigenvalue weighted by Crippen LogP contribution is -2.29. The fourth-order valence-electron chi connectivity index (χ4n) is 2.40. The minimum atomic E-state index is 0.153. The molecule has 0 aliphatic rings. The third-order valence-corrected chi connectivity index (χ3v) is 3.57. The minimum Gasteiger partial charge on any atom is -0.271 e. The summed E-state index contributed by atoms with van der Waals surface area (Å²) < 4.78 is 0. The van der Waals surface area contributed by atoms with Crippen LogP contribution >= 0.6 is 0 Å². The van der Waals surface area contributed by atoms with Crippen LogP contribution in [0.4, 0.5) is 0 Å². The van der Waals surface area contributed by atoms with Gasteiger partial charge in [0.1, 0.15) is 0 Å². The van der Waals surface area contributed by atoms with Gasteiger partial charge in [0.05, 0.1) is 0 Å². The Labute approximate surface area is 115 Å². The van der Waals surface area contributed by atoms with Crippen LogP contribution in [0.1, 0.15) is 33.9 Å². The lowest BCUT2D eigenvalue weighted by Gasteiger charge is -2.18. The molecular weight excluding hydrogens is 232 g/mol. The fraction of sp³-hybridized carbons (Fsp3) is 0.294. The van der Waals surface area contributed by atoms with E-state index < -0.39 is 0 Å². The van der Waals surface area contributed by atoms with E-state index >= 15 is 0 Å². The van der Waals surface area contributed by atoms with Crippen LogP contribution in [0, 0.1) is 20.8 Å². The molecule has 2 aromatic rings. The molecule has 0 fully saturated rings. The first-order valence-electron chi connectivity index (χ1n) is 6.69. The Morgan fingerprint density at radius 3 is 2.42 bits per heavy atom. The van der Waals surface area contributed by atoms with E-state index in [-0.39, 0.29) is 6.04 Å². The Balaban J connectivity index is 2.26.